The average Bonchev–Trinajstić information content (AvgIpc) is 2.81. The van der Waals surface area contributed by atoms with Crippen LogP contribution in [0.5, 0.6) is 0 Å². The van der Waals surface area contributed by atoms with Crippen LogP contribution in [0.2, 0.25) is 0 Å². The highest BCUT2D eigenvalue weighted by molar-refractivity contribution is 5.80. The number of nitrogens with zero attached hydrogens (tertiary/aromatic N) is 1. The van der Waals surface area contributed by atoms with Crippen molar-refractivity contribution in [3.63, 3.8) is 0 Å². The Morgan fingerprint density at radius 1 is 1.25 bits per heavy atom. The molecule has 1 aliphatic rings. The van der Waals surface area contributed by atoms with E-state index in [1.807, 2.05) is 56.0 Å². The SMILES string of the molecule is CC(C)(C)N1CC(c2cc3ccccc3o2)OCC1=O. The van der Waals surface area contributed by atoms with Gasteiger partial charge in [-0.25, -0.2) is 0 Å². The van der Waals surface area contributed by atoms with E-state index < -0.39 is 0 Å². The number of hydrogen-bond acceptors (Lipinski definition) is 3. The van der Waals surface area contributed by atoms with Gasteiger partial charge in [0.15, 0.2) is 0 Å². The summed E-state index contributed by atoms with van der Waals surface area (Å²) in [6.07, 6.45) is -0.195. The Balaban J connectivity index is 1.89. The number of fused-ring (bicyclic) bond motifs is 1. The number of para-hydroxylation sites is 1. The maximum absolute atomic E-state index is 12.0. The minimum atomic E-state index is -0.203. The van der Waals surface area contributed by atoms with Crippen molar-refractivity contribution < 1.29 is 13.9 Å². The molecule has 0 saturated carbocycles. The molecule has 1 aromatic heterocycles. The zero-order chi connectivity index (χ0) is 14.3. The van der Waals surface area contributed by atoms with Crippen molar-refractivity contribution >= 4 is 16.9 Å². The summed E-state index contributed by atoms with van der Waals surface area (Å²) in [6.45, 7) is 6.74. The third-order valence-electron chi connectivity index (χ3n) is 3.63. The molecule has 1 aliphatic heterocycles. The Morgan fingerprint density at radius 2 is 2.00 bits per heavy atom. The first-order valence-electron chi connectivity index (χ1n) is 6.86. The molecular formula is C16H19NO3. The smallest absolute Gasteiger partial charge is 0.249 e. The monoisotopic (exact) mass is 273 g/mol. The van der Waals surface area contributed by atoms with Crippen LogP contribution in [0, 0.1) is 0 Å². The van der Waals surface area contributed by atoms with E-state index in [0.717, 1.165) is 16.7 Å². The van der Waals surface area contributed by atoms with Gasteiger partial charge in [0.1, 0.15) is 24.1 Å². The largest absolute Gasteiger partial charge is 0.458 e. The van der Waals surface area contributed by atoms with Gasteiger partial charge in [0.25, 0.3) is 0 Å². The number of hydrogen-bond donors (Lipinski definition) is 0. The summed E-state index contributed by atoms with van der Waals surface area (Å²) in [6, 6.07) is 9.87. The lowest BCUT2D eigenvalue weighted by Gasteiger charge is -2.40. The lowest BCUT2D eigenvalue weighted by Crippen LogP contribution is -2.52. The molecule has 1 saturated heterocycles. The van der Waals surface area contributed by atoms with Crippen LogP contribution in [0.4, 0.5) is 0 Å². The molecule has 0 radical (unpaired) electrons. The molecule has 1 unspecified atom stereocenters. The second kappa shape index (κ2) is 4.63. The number of benzene rings is 1. The molecular weight excluding hydrogens is 254 g/mol. The number of furan rings is 1. The predicted octanol–water partition coefficient (Wildman–Crippen LogP) is 3.13. The number of morpholine rings is 1. The van der Waals surface area contributed by atoms with Gasteiger partial charge in [0.2, 0.25) is 5.91 Å². The number of ether oxygens (including phenoxy) is 1. The summed E-state index contributed by atoms with van der Waals surface area (Å²) in [4.78, 5) is 13.8. The maximum atomic E-state index is 12.0. The van der Waals surface area contributed by atoms with Gasteiger partial charge in [-0.1, -0.05) is 18.2 Å². The van der Waals surface area contributed by atoms with Crippen LogP contribution in [0.15, 0.2) is 34.7 Å². The van der Waals surface area contributed by atoms with Crippen molar-refractivity contribution in [1.82, 2.24) is 4.90 Å². The minimum absolute atomic E-state index is 0.0323. The fourth-order valence-electron chi connectivity index (χ4n) is 2.55. The Bertz CT molecular complexity index is 605. The zero-order valence-electron chi connectivity index (χ0n) is 12.1. The van der Waals surface area contributed by atoms with E-state index in [9.17, 15) is 4.79 Å². The fourth-order valence-corrected chi connectivity index (χ4v) is 2.55. The van der Waals surface area contributed by atoms with Crippen LogP contribution in [0.1, 0.15) is 32.6 Å². The third kappa shape index (κ3) is 2.31. The van der Waals surface area contributed by atoms with Gasteiger partial charge in [0, 0.05) is 10.9 Å². The Labute approximate surface area is 118 Å². The van der Waals surface area contributed by atoms with Gasteiger partial charge < -0.3 is 14.1 Å². The highest BCUT2D eigenvalue weighted by Gasteiger charge is 2.35. The summed E-state index contributed by atoms with van der Waals surface area (Å²) < 4.78 is 11.5. The molecule has 2 heterocycles. The normalized spacial score (nSPS) is 20.6. The van der Waals surface area contributed by atoms with E-state index in [1.165, 1.54) is 0 Å². The number of carbonyl (C=O) groups is 1. The third-order valence-corrected chi connectivity index (χ3v) is 3.63. The maximum Gasteiger partial charge on any atom is 0.249 e. The summed E-state index contributed by atoms with van der Waals surface area (Å²) in [7, 11) is 0. The first-order valence-corrected chi connectivity index (χ1v) is 6.86. The Morgan fingerprint density at radius 3 is 2.70 bits per heavy atom. The van der Waals surface area contributed by atoms with E-state index in [2.05, 4.69) is 0 Å². The molecule has 4 nitrogen and oxygen atoms in total. The van der Waals surface area contributed by atoms with E-state index in [4.69, 9.17) is 9.15 Å². The molecule has 1 fully saturated rings. The first-order chi connectivity index (χ1) is 9.45. The molecule has 106 valence electrons. The zero-order valence-corrected chi connectivity index (χ0v) is 12.1. The van der Waals surface area contributed by atoms with Crippen molar-refractivity contribution in [3.05, 3.63) is 36.1 Å². The van der Waals surface area contributed by atoms with Crippen LogP contribution in [0.3, 0.4) is 0 Å². The average molecular weight is 273 g/mol. The lowest BCUT2D eigenvalue weighted by molar-refractivity contribution is -0.157. The second-order valence-corrected chi connectivity index (χ2v) is 6.16. The second-order valence-electron chi connectivity index (χ2n) is 6.16. The molecule has 0 spiro atoms. The molecule has 3 rings (SSSR count). The van der Waals surface area contributed by atoms with Crippen LogP contribution < -0.4 is 0 Å². The van der Waals surface area contributed by atoms with Gasteiger partial charge in [-0.05, 0) is 32.9 Å². The molecule has 0 aliphatic carbocycles. The summed E-state index contributed by atoms with van der Waals surface area (Å²) >= 11 is 0. The molecule has 0 N–H and O–H groups in total. The predicted molar refractivity (Wildman–Crippen MR) is 76.4 cm³/mol. The van der Waals surface area contributed by atoms with E-state index >= 15 is 0 Å². The molecule has 4 heteroatoms. The quantitative estimate of drug-likeness (QED) is 0.801. The van der Waals surface area contributed by atoms with Crippen LogP contribution in [-0.4, -0.2) is 29.5 Å². The van der Waals surface area contributed by atoms with Gasteiger partial charge in [-0.3, -0.25) is 4.79 Å². The van der Waals surface area contributed by atoms with Crippen molar-refractivity contribution in [2.75, 3.05) is 13.2 Å². The van der Waals surface area contributed by atoms with Crippen molar-refractivity contribution in [2.45, 2.75) is 32.4 Å². The summed E-state index contributed by atoms with van der Waals surface area (Å²) in [5.41, 5.74) is 0.649. The van der Waals surface area contributed by atoms with E-state index in [1.54, 1.807) is 0 Å². The number of carbonyl (C=O) groups excluding carboxylic acids is 1. The summed E-state index contributed by atoms with van der Waals surface area (Å²) in [5.74, 6) is 0.817. The van der Waals surface area contributed by atoms with Gasteiger partial charge >= 0.3 is 0 Å². The summed E-state index contributed by atoms with van der Waals surface area (Å²) in [5, 5.41) is 1.06. The number of amides is 1. The lowest BCUT2D eigenvalue weighted by atomic mass is 10.0. The highest BCUT2D eigenvalue weighted by atomic mass is 16.5. The van der Waals surface area contributed by atoms with Crippen LogP contribution >= 0.6 is 0 Å². The van der Waals surface area contributed by atoms with Gasteiger partial charge in [-0.2, -0.15) is 0 Å². The highest BCUT2D eigenvalue weighted by Crippen LogP contribution is 2.31. The minimum Gasteiger partial charge on any atom is -0.458 e. The van der Waals surface area contributed by atoms with E-state index in [0.29, 0.717) is 6.54 Å². The molecule has 20 heavy (non-hydrogen) atoms. The fraction of sp³-hybridized carbons (Fsp3) is 0.438. The van der Waals surface area contributed by atoms with Gasteiger partial charge in [-0.15, -0.1) is 0 Å². The first kappa shape index (κ1) is 13.2. The standard InChI is InChI=1S/C16H19NO3/c1-16(2,3)17-9-14(19-10-15(17)18)13-8-11-6-4-5-7-12(11)20-13/h4-8,14H,9-10H2,1-3H3. The molecule has 0 bridgehead atoms. The van der Waals surface area contributed by atoms with Crippen molar-refractivity contribution in [3.8, 4) is 0 Å². The topological polar surface area (TPSA) is 42.7 Å². The van der Waals surface area contributed by atoms with Crippen LogP contribution in [0.25, 0.3) is 11.0 Å². The van der Waals surface area contributed by atoms with E-state index in [-0.39, 0.29) is 24.2 Å². The van der Waals surface area contributed by atoms with Gasteiger partial charge in [0.05, 0.1) is 6.54 Å². The molecule has 2 aromatic rings. The molecule has 1 amide bonds. The molecule has 1 aromatic carbocycles. The Kier molecular flexibility index (Phi) is 3.05. The number of rotatable bonds is 1. The van der Waals surface area contributed by atoms with Crippen LogP contribution in [-0.2, 0) is 9.53 Å². The Hall–Kier alpha value is -1.81. The van der Waals surface area contributed by atoms with Crippen molar-refractivity contribution in [1.29, 1.82) is 0 Å². The molecule has 1 atom stereocenters. The van der Waals surface area contributed by atoms with Crippen molar-refractivity contribution in [2.24, 2.45) is 0 Å².